The minimum atomic E-state index is -0.855. The van der Waals surface area contributed by atoms with Crippen molar-refractivity contribution in [3.05, 3.63) is 102 Å². The van der Waals surface area contributed by atoms with Crippen molar-refractivity contribution >= 4 is 17.4 Å². The van der Waals surface area contributed by atoms with Crippen LogP contribution in [0.4, 0.5) is 0 Å². The SMILES string of the molecule is C=CCOc1ccc(/C(O)=C2\C(=O)C(=O)N(Cc3cccnc3)[C@@H]2c2ccco2)cc1. The largest absolute Gasteiger partial charge is 0.507 e. The monoisotopic (exact) mass is 416 g/mol. The number of aromatic nitrogens is 1. The zero-order valence-electron chi connectivity index (χ0n) is 16.6. The van der Waals surface area contributed by atoms with E-state index in [1.165, 1.54) is 11.2 Å². The summed E-state index contributed by atoms with van der Waals surface area (Å²) < 4.78 is 11.0. The molecule has 31 heavy (non-hydrogen) atoms. The number of carbonyl (C=O) groups excluding carboxylic acids is 2. The summed E-state index contributed by atoms with van der Waals surface area (Å²) >= 11 is 0. The molecule has 7 nitrogen and oxygen atoms in total. The Labute approximate surface area is 178 Å². The fraction of sp³-hybridized carbons (Fsp3) is 0.125. The summed E-state index contributed by atoms with van der Waals surface area (Å²) in [6.45, 7) is 4.10. The number of ether oxygens (including phenoxy) is 1. The molecule has 0 spiro atoms. The molecule has 2 aromatic heterocycles. The number of amides is 1. The highest BCUT2D eigenvalue weighted by Crippen LogP contribution is 2.40. The van der Waals surface area contributed by atoms with Crippen molar-refractivity contribution in [2.24, 2.45) is 0 Å². The number of pyridine rings is 1. The van der Waals surface area contributed by atoms with Crippen LogP contribution in [0.5, 0.6) is 5.75 Å². The maximum absolute atomic E-state index is 12.9. The lowest BCUT2D eigenvalue weighted by molar-refractivity contribution is -0.140. The number of carbonyl (C=O) groups is 2. The maximum atomic E-state index is 12.9. The number of hydrogen-bond acceptors (Lipinski definition) is 6. The Morgan fingerprint density at radius 2 is 2.00 bits per heavy atom. The minimum Gasteiger partial charge on any atom is -0.507 e. The van der Waals surface area contributed by atoms with Crippen LogP contribution < -0.4 is 4.74 Å². The molecular weight excluding hydrogens is 396 g/mol. The number of hydrogen-bond donors (Lipinski definition) is 1. The molecule has 0 aliphatic carbocycles. The molecule has 1 fully saturated rings. The van der Waals surface area contributed by atoms with E-state index in [-0.39, 0.29) is 17.9 Å². The third-order valence-corrected chi connectivity index (χ3v) is 4.92. The standard InChI is InChI=1S/C24H20N2O5/c1-2-12-30-18-9-7-17(8-10-18)22(27)20-21(19-6-4-13-31-19)26(24(29)23(20)28)15-16-5-3-11-25-14-16/h2-11,13-14,21,27H,1,12,15H2/b22-20+/t21-/m1/s1. The Morgan fingerprint density at radius 3 is 2.65 bits per heavy atom. The van der Waals surface area contributed by atoms with Gasteiger partial charge in [0.1, 0.15) is 29.9 Å². The van der Waals surface area contributed by atoms with E-state index in [0.29, 0.717) is 23.7 Å². The van der Waals surface area contributed by atoms with Crippen molar-refractivity contribution in [1.82, 2.24) is 9.88 Å². The second-order valence-corrected chi connectivity index (χ2v) is 6.93. The summed E-state index contributed by atoms with van der Waals surface area (Å²) in [5.41, 5.74) is 1.12. The predicted octanol–water partition coefficient (Wildman–Crippen LogP) is 3.86. The zero-order chi connectivity index (χ0) is 21.8. The Hall–Kier alpha value is -4.13. The lowest BCUT2D eigenvalue weighted by atomic mass is 9.99. The van der Waals surface area contributed by atoms with Gasteiger partial charge in [-0.05, 0) is 48.0 Å². The van der Waals surface area contributed by atoms with Crippen molar-refractivity contribution in [2.45, 2.75) is 12.6 Å². The predicted molar refractivity (Wildman–Crippen MR) is 113 cm³/mol. The van der Waals surface area contributed by atoms with Gasteiger partial charge >= 0.3 is 0 Å². The van der Waals surface area contributed by atoms with Crippen molar-refractivity contribution in [2.75, 3.05) is 6.61 Å². The number of benzene rings is 1. The second-order valence-electron chi connectivity index (χ2n) is 6.93. The number of aliphatic hydroxyl groups excluding tert-OH is 1. The summed E-state index contributed by atoms with van der Waals surface area (Å²) in [6, 6.07) is 12.7. The van der Waals surface area contributed by atoms with Gasteiger partial charge in [-0.25, -0.2) is 0 Å². The van der Waals surface area contributed by atoms with Crippen LogP contribution >= 0.6 is 0 Å². The molecule has 0 unspecified atom stereocenters. The Kier molecular flexibility index (Phi) is 5.66. The van der Waals surface area contributed by atoms with E-state index in [2.05, 4.69) is 11.6 Å². The average molecular weight is 416 g/mol. The molecule has 1 aliphatic heterocycles. The van der Waals surface area contributed by atoms with Crippen molar-refractivity contribution < 1.29 is 23.8 Å². The van der Waals surface area contributed by atoms with Crippen LogP contribution in [0.25, 0.3) is 5.76 Å². The molecule has 1 aliphatic rings. The normalized spacial score (nSPS) is 17.7. The smallest absolute Gasteiger partial charge is 0.296 e. The van der Waals surface area contributed by atoms with Gasteiger partial charge in [0.15, 0.2) is 0 Å². The molecule has 0 radical (unpaired) electrons. The fourth-order valence-electron chi connectivity index (χ4n) is 3.49. The van der Waals surface area contributed by atoms with E-state index in [1.54, 1.807) is 60.9 Å². The molecular formula is C24H20N2O5. The molecule has 3 aromatic rings. The van der Waals surface area contributed by atoms with Crippen LogP contribution in [0.1, 0.15) is 22.9 Å². The molecule has 3 heterocycles. The van der Waals surface area contributed by atoms with Gasteiger partial charge in [-0.3, -0.25) is 14.6 Å². The van der Waals surface area contributed by atoms with Crippen LogP contribution in [0, 0.1) is 0 Å². The Morgan fingerprint density at radius 1 is 1.19 bits per heavy atom. The van der Waals surface area contributed by atoms with Gasteiger partial charge in [0, 0.05) is 24.5 Å². The fourth-order valence-corrected chi connectivity index (χ4v) is 3.49. The number of rotatable bonds is 7. The van der Waals surface area contributed by atoms with Gasteiger partial charge in [0.25, 0.3) is 11.7 Å². The molecule has 1 amide bonds. The van der Waals surface area contributed by atoms with Crippen LogP contribution in [0.15, 0.2) is 89.8 Å². The highest BCUT2D eigenvalue weighted by Gasteiger charge is 2.47. The number of nitrogens with zero attached hydrogens (tertiary/aromatic N) is 2. The van der Waals surface area contributed by atoms with E-state index in [9.17, 15) is 14.7 Å². The molecule has 7 heteroatoms. The van der Waals surface area contributed by atoms with E-state index in [1.807, 2.05) is 6.07 Å². The third-order valence-electron chi connectivity index (χ3n) is 4.92. The van der Waals surface area contributed by atoms with Crippen molar-refractivity contribution in [3.8, 4) is 5.75 Å². The van der Waals surface area contributed by atoms with E-state index in [4.69, 9.17) is 9.15 Å². The second kappa shape index (κ2) is 8.71. The maximum Gasteiger partial charge on any atom is 0.296 e. The van der Waals surface area contributed by atoms with Gasteiger partial charge in [0.2, 0.25) is 0 Å². The lowest BCUT2D eigenvalue weighted by Gasteiger charge is -2.23. The van der Waals surface area contributed by atoms with E-state index >= 15 is 0 Å². The molecule has 156 valence electrons. The van der Waals surface area contributed by atoms with E-state index < -0.39 is 17.7 Å². The van der Waals surface area contributed by atoms with Crippen LogP contribution in [-0.4, -0.2) is 33.3 Å². The first-order valence-corrected chi connectivity index (χ1v) is 9.65. The van der Waals surface area contributed by atoms with Gasteiger partial charge < -0.3 is 19.2 Å². The molecule has 0 bridgehead atoms. The average Bonchev–Trinajstić information content (AvgIpc) is 3.41. The summed E-state index contributed by atoms with van der Waals surface area (Å²) in [7, 11) is 0. The summed E-state index contributed by atoms with van der Waals surface area (Å²) in [5.74, 6) is -0.775. The first-order valence-electron chi connectivity index (χ1n) is 9.65. The van der Waals surface area contributed by atoms with Crippen molar-refractivity contribution in [1.29, 1.82) is 0 Å². The molecule has 1 N–H and O–H groups in total. The van der Waals surface area contributed by atoms with Crippen LogP contribution in [0.3, 0.4) is 0 Å². The topological polar surface area (TPSA) is 92.9 Å². The zero-order valence-corrected chi connectivity index (χ0v) is 16.6. The number of ketones is 1. The Bertz CT molecular complexity index is 1120. The number of Topliss-reactive ketones (excluding diaryl/α,β-unsaturated/α-hetero) is 1. The van der Waals surface area contributed by atoms with Crippen molar-refractivity contribution in [3.63, 3.8) is 0 Å². The molecule has 1 atom stereocenters. The number of aliphatic hydroxyl groups is 1. The van der Waals surface area contributed by atoms with Crippen LogP contribution in [0.2, 0.25) is 0 Å². The molecule has 0 saturated carbocycles. The number of likely N-dealkylation sites (tertiary alicyclic amines) is 1. The molecule has 4 rings (SSSR count). The third kappa shape index (κ3) is 3.98. The quantitative estimate of drug-likeness (QED) is 0.272. The summed E-state index contributed by atoms with van der Waals surface area (Å²) in [6.07, 6.45) is 6.34. The molecule has 1 saturated heterocycles. The first kappa shape index (κ1) is 20.2. The lowest BCUT2D eigenvalue weighted by Crippen LogP contribution is -2.29. The highest BCUT2D eigenvalue weighted by molar-refractivity contribution is 6.46. The number of furan rings is 1. The van der Waals surface area contributed by atoms with Gasteiger partial charge in [0.05, 0.1) is 11.8 Å². The van der Waals surface area contributed by atoms with Gasteiger partial charge in [-0.1, -0.05) is 18.7 Å². The molecule has 1 aromatic carbocycles. The Balaban J connectivity index is 1.75. The van der Waals surface area contributed by atoms with Crippen LogP contribution in [-0.2, 0) is 16.1 Å². The van der Waals surface area contributed by atoms with E-state index in [0.717, 1.165) is 5.56 Å². The van der Waals surface area contributed by atoms with Gasteiger partial charge in [-0.15, -0.1) is 0 Å². The summed E-state index contributed by atoms with van der Waals surface area (Å²) in [4.78, 5) is 31.3. The first-order chi connectivity index (χ1) is 15.1. The summed E-state index contributed by atoms with van der Waals surface area (Å²) in [5, 5.41) is 11.0. The van der Waals surface area contributed by atoms with Gasteiger partial charge in [-0.2, -0.15) is 0 Å². The minimum absolute atomic E-state index is 0.0244. The highest BCUT2D eigenvalue weighted by atomic mass is 16.5.